The molecule has 48 heavy (non-hydrogen) atoms. The van der Waals surface area contributed by atoms with Gasteiger partial charge >= 0.3 is 5.97 Å². The van der Waals surface area contributed by atoms with Crippen LogP contribution in [-0.4, -0.2) is 31.6 Å². The number of nitrogens with zero attached hydrogens (tertiary/aromatic N) is 2. The molecule has 0 aliphatic carbocycles. The van der Waals surface area contributed by atoms with Crippen LogP contribution in [-0.2, 0) is 24.4 Å². The van der Waals surface area contributed by atoms with Crippen molar-refractivity contribution in [2.45, 2.75) is 45.4 Å². The zero-order valence-electron chi connectivity index (χ0n) is 26.3. The number of carbonyl (C=O) groups excluding carboxylic acids is 1. The van der Waals surface area contributed by atoms with Crippen molar-refractivity contribution in [1.82, 2.24) is 14.9 Å². The van der Waals surface area contributed by atoms with Gasteiger partial charge < -0.3 is 24.8 Å². The van der Waals surface area contributed by atoms with Crippen LogP contribution in [0.1, 0.15) is 58.7 Å². The highest BCUT2D eigenvalue weighted by molar-refractivity contribution is 6.36. The molecule has 1 amide bonds. The van der Waals surface area contributed by atoms with Gasteiger partial charge in [0.1, 0.15) is 23.9 Å². The number of amides is 1. The summed E-state index contributed by atoms with van der Waals surface area (Å²) in [6.07, 6.45) is 7.47. The van der Waals surface area contributed by atoms with Crippen LogP contribution in [0.4, 0.5) is 0 Å². The molecule has 0 aliphatic rings. The topological polar surface area (TPSA) is 114 Å². The first-order valence-corrected chi connectivity index (χ1v) is 16.3. The highest BCUT2D eigenvalue weighted by Gasteiger charge is 2.23. The molecule has 5 rings (SSSR count). The number of aromatic nitrogens is 2. The summed E-state index contributed by atoms with van der Waals surface area (Å²) in [5.74, 6) is 0.235. The van der Waals surface area contributed by atoms with Crippen LogP contribution >= 0.6 is 23.2 Å². The van der Waals surface area contributed by atoms with Gasteiger partial charge in [-0.25, -0.2) is 9.78 Å². The molecule has 0 saturated heterocycles. The SMILES string of the molecule is CCCCn1cc(-c2ccc(Cl)cc2Cl)nc1[C@H](Cc1ccc(OCc2ccc(C(=O)O)cc2)cc1)NC(=O)C=Cc1ccc(O)cc1. The second-order valence-corrected chi connectivity index (χ2v) is 12.1. The van der Waals surface area contributed by atoms with Crippen molar-refractivity contribution in [2.75, 3.05) is 0 Å². The van der Waals surface area contributed by atoms with E-state index in [0.717, 1.165) is 35.1 Å². The molecule has 1 aromatic heterocycles. The van der Waals surface area contributed by atoms with Crippen LogP contribution in [0.25, 0.3) is 17.3 Å². The lowest BCUT2D eigenvalue weighted by molar-refractivity contribution is -0.117. The second kappa shape index (κ2) is 16.2. The number of ether oxygens (including phenoxy) is 1. The smallest absolute Gasteiger partial charge is 0.335 e. The number of imidazole rings is 1. The number of phenolic OH excluding ortho intramolecular Hbond substituents is 1. The highest BCUT2D eigenvalue weighted by Crippen LogP contribution is 2.32. The maximum atomic E-state index is 13.3. The van der Waals surface area contributed by atoms with E-state index in [1.807, 2.05) is 36.5 Å². The maximum absolute atomic E-state index is 13.3. The molecule has 0 bridgehead atoms. The summed E-state index contributed by atoms with van der Waals surface area (Å²) in [7, 11) is 0. The van der Waals surface area contributed by atoms with E-state index < -0.39 is 12.0 Å². The maximum Gasteiger partial charge on any atom is 0.335 e. The number of aromatic carboxylic acids is 1. The fourth-order valence-electron chi connectivity index (χ4n) is 5.09. The minimum atomic E-state index is -0.973. The van der Waals surface area contributed by atoms with E-state index in [0.29, 0.717) is 40.3 Å². The Balaban J connectivity index is 1.39. The second-order valence-electron chi connectivity index (χ2n) is 11.3. The van der Waals surface area contributed by atoms with Crippen molar-refractivity contribution in [1.29, 1.82) is 0 Å². The molecule has 246 valence electrons. The van der Waals surface area contributed by atoms with Gasteiger partial charge in [-0.05, 0) is 90.2 Å². The van der Waals surface area contributed by atoms with E-state index in [9.17, 15) is 14.7 Å². The largest absolute Gasteiger partial charge is 0.508 e. The van der Waals surface area contributed by atoms with Crippen LogP contribution in [0.2, 0.25) is 10.0 Å². The number of nitrogens with one attached hydrogen (secondary N) is 1. The minimum absolute atomic E-state index is 0.151. The van der Waals surface area contributed by atoms with Crippen molar-refractivity contribution in [3.63, 3.8) is 0 Å². The summed E-state index contributed by atoms with van der Waals surface area (Å²) in [5, 5.41) is 22.9. The van der Waals surface area contributed by atoms with E-state index >= 15 is 0 Å². The molecule has 0 unspecified atom stereocenters. The third kappa shape index (κ3) is 9.27. The fourth-order valence-corrected chi connectivity index (χ4v) is 5.60. The molecule has 4 aromatic carbocycles. The van der Waals surface area contributed by atoms with Crippen molar-refractivity contribution in [3.8, 4) is 22.8 Å². The van der Waals surface area contributed by atoms with Gasteiger partial charge in [0.25, 0.3) is 0 Å². The zero-order chi connectivity index (χ0) is 34.0. The average molecular weight is 685 g/mol. The number of unbranched alkanes of at least 4 members (excludes halogenated alkanes) is 1. The van der Waals surface area contributed by atoms with Gasteiger partial charge in [0, 0.05) is 29.4 Å². The number of halogens is 2. The predicted molar refractivity (Wildman–Crippen MR) is 188 cm³/mol. The van der Waals surface area contributed by atoms with Crippen molar-refractivity contribution < 1.29 is 24.5 Å². The predicted octanol–water partition coefficient (Wildman–Crippen LogP) is 8.75. The molecule has 3 N–H and O–H groups in total. The molecule has 0 saturated carbocycles. The van der Waals surface area contributed by atoms with Crippen LogP contribution in [0.15, 0.2) is 103 Å². The number of hydrogen-bond acceptors (Lipinski definition) is 5. The Bertz CT molecular complexity index is 1890. The van der Waals surface area contributed by atoms with Gasteiger partial charge in [0.05, 0.1) is 22.3 Å². The number of aromatic hydroxyl groups is 1. The summed E-state index contributed by atoms with van der Waals surface area (Å²) < 4.78 is 8.01. The first-order chi connectivity index (χ1) is 23.2. The summed E-state index contributed by atoms with van der Waals surface area (Å²) in [6, 6.07) is 25.6. The number of phenols is 1. The number of carbonyl (C=O) groups is 2. The molecular formula is C38H35Cl2N3O5. The molecule has 0 radical (unpaired) electrons. The number of hydrogen-bond donors (Lipinski definition) is 3. The summed E-state index contributed by atoms with van der Waals surface area (Å²) in [6.45, 7) is 3.12. The number of aryl methyl sites for hydroxylation is 1. The van der Waals surface area contributed by atoms with Gasteiger partial charge in [0.15, 0.2) is 0 Å². The molecule has 1 heterocycles. The molecule has 10 heteroatoms. The average Bonchev–Trinajstić information content (AvgIpc) is 3.50. The third-order valence-electron chi connectivity index (χ3n) is 7.69. The van der Waals surface area contributed by atoms with Gasteiger partial charge in [-0.15, -0.1) is 0 Å². The Morgan fingerprint density at radius 3 is 2.33 bits per heavy atom. The fraction of sp³-hybridized carbons (Fsp3) is 0.184. The Hall–Kier alpha value is -5.05. The molecule has 0 spiro atoms. The summed E-state index contributed by atoms with van der Waals surface area (Å²) in [5.41, 5.74) is 4.23. The van der Waals surface area contributed by atoms with E-state index in [-0.39, 0.29) is 23.8 Å². The molecular weight excluding hydrogens is 649 g/mol. The summed E-state index contributed by atoms with van der Waals surface area (Å²) in [4.78, 5) is 29.4. The Morgan fingerprint density at radius 1 is 0.958 bits per heavy atom. The van der Waals surface area contributed by atoms with E-state index in [4.69, 9.17) is 38.0 Å². The van der Waals surface area contributed by atoms with Crippen molar-refractivity contribution >= 4 is 41.2 Å². The quantitative estimate of drug-likeness (QED) is 0.101. The number of carboxylic acid groups (broad SMARTS) is 1. The molecule has 8 nitrogen and oxygen atoms in total. The Labute approximate surface area is 289 Å². The lowest BCUT2D eigenvalue weighted by atomic mass is 10.0. The number of benzene rings is 4. The molecule has 1 atom stereocenters. The summed E-state index contributed by atoms with van der Waals surface area (Å²) >= 11 is 12.7. The van der Waals surface area contributed by atoms with E-state index in [1.165, 1.54) is 6.08 Å². The van der Waals surface area contributed by atoms with Crippen molar-refractivity contribution in [2.24, 2.45) is 0 Å². The first-order valence-electron chi connectivity index (χ1n) is 15.5. The monoisotopic (exact) mass is 683 g/mol. The molecule has 0 fully saturated rings. The zero-order valence-corrected chi connectivity index (χ0v) is 27.8. The number of rotatable bonds is 14. The molecule has 0 aliphatic heterocycles. The van der Waals surface area contributed by atoms with Crippen LogP contribution < -0.4 is 10.1 Å². The highest BCUT2D eigenvalue weighted by atomic mass is 35.5. The minimum Gasteiger partial charge on any atom is -0.508 e. The first kappa shape index (κ1) is 34.3. The van der Waals surface area contributed by atoms with Gasteiger partial charge in [-0.3, -0.25) is 4.79 Å². The van der Waals surface area contributed by atoms with E-state index in [2.05, 4.69) is 16.8 Å². The lowest BCUT2D eigenvalue weighted by Crippen LogP contribution is -2.30. The number of carboxylic acids is 1. The normalized spacial score (nSPS) is 11.8. The van der Waals surface area contributed by atoms with E-state index in [1.54, 1.807) is 66.7 Å². The van der Waals surface area contributed by atoms with Crippen molar-refractivity contribution in [3.05, 3.63) is 141 Å². The third-order valence-corrected chi connectivity index (χ3v) is 8.23. The molecule has 5 aromatic rings. The Morgan fingerprint density at radius 2 is 1.67 bits per heavy atom. The van der Waals surface area contributed by atoms with Gasteiger partial charge in [-0.1, -0.05) is 72.9 Å². The van der Waals surface area contributed by atoms with Crippen LogP contribution in [0, 0.1) is 0 Å². The van der Waals surface area contributed by atoms with Crippen LogP contribution in [0.5, 0.6) is 11.5 Å². The standard InChI is InChI=1S/C38H35Cl2N3O5/c1-2-3-20-43-23-35(32-18-13-29(39)22-33(32)40)42-37(43)34(41-36(45)19-10-25-6-14-30(44)15-7-25)21-26-8-16-31(17-9-26)48-24-27-4-11-28(12-5-27)38(46)47/h4-19,22-23,34,44H,2-3,20-21,24H2,1H3,(H,41,45)(H,46,47)/t34-/m0/s1. The van der Waals surface area contributed by atoms with Crippen LogP contribution in [0.3, 0.4) is 0 Å². The van der Waals surface area contributed by atoms with Gasteiger partial charge in [-0.2, -0.15) is 0 Å². The lowest BCUT2D eigenvalue weighted by Gasteiger charge is -2.20. The van der Waals surface area contributed by atoms with Gasteiger partial charge in [0.2, 0.25) is 5.91 Å². The Kier molecular flexibility index (Phi) is 11.6.